The van der Waals surface area contributed by atoms with Crippen LogP contribution >= 0.6 is 11.6 Å². The van der Waals surface area contributed by atoms with Crippen LogP contribution in [0.15, 0.2) is 53.1 Å². The number of hydrogen-bond donors (Lipinski definition) is 2. The third-order valence-corrected chi connectivity index (χ3v) is 3.69. The van der Waals surface area contributed by atoms with Gasteiger partial charge in [-0.1, -0.05) is 11.6 Å². The summed E-state index contributed by atoms with van der Waals surface area (Å²) >= 11 is 5.81. The number of esters is 1. The van der Waals surface area contributed by atoms with Gasteiger partial charge in [-0.25, -0.2) is 14.6 Å². The average Bonchev–Trinajstić information content (AvgIpc) is 3.17. The first-order valence-electron chi connectivity index (χ1n) is 7.85. The molecule has 0 unspecified atom stereocenters. The summed E-state index contributed by atoms with van der Waals surface area (Å²) in [5, 5.41) is 5.54. The highest BCUT2D eigenvalue weighted by molar-refractivity contribution is 6.29. The number of aromatic nitrogens is 1. The number of fused-ring (bicyclic) bond motifs is 1. The number of halogens is 1. The zero-order chi connectivity index (χ0) is 19.2. The highest BCUT2D eigenvalue weighted by atomic mass is 35.5. The molecule has 9 heteroatoms. The molecule has 8 nitrogen and oxygen atoms in total. The van der Waals surface area contributed by atoms with Crippen LogP contribution in [0.3, 0.4) is 0 Å². The first kappa shape index (κ1) is 18.4. The second kappa shape index (κ2) is 8.33. The van der Waals surface area contributed by atoms with Crippen molar-refractivity contribution in [2.75, 3.05) is 6.61 Å². The summed E-state index contributed by atoms with van der Waals surface area (Å²) < 4.78 is 9.96. The molecule has 3 amide bonds. The van der Waals surface area contributed by atoms with Gasteiger partial charge in [-0.05, 0) is 42.5 Å². The number of benzene rings is 1. The summed E-state index contributed by atoms with van der Waals surface area (Å²) in [6.07, 6.45) is 1.47. The van der Waals surface area contributed by atoms with Crippen molar-refractivity contribution in [3.63, 3.8) is 0 Å². The SMILES string of the molecule is O=C(COC(=O)c1ccc2nc(Cl)ccc2c1)NC(=O)NCc1ccco1. The zero-order valence-electron chi connectivity index (χ0n) is 13.9. The van der Waals surface area contributed by atoms with E-state index in [1.165, 1.54) is 12.3 Å². The highest BCUT2D eigenvalue weighted by Gasteiger charge is 2.13. The highest BCUT2D eigenvalue weighted by Crippen LogP contribution is 2.17. The smallest absolute Gasteiger partial charge is 0.338 e. The molecule has 2 N–H and O–H groups in total. The Morgan fingerprint density at radius 1 is 1.15 bits per heavy atom. The summed E-state index contributed by atoms with van der Waals surface area (Å²) in [4.78, 5) is 39.5. The Morgan fingerprint density at radius 2 is 2.00 bits per heavy atom. The second-order valence-corrected chi connectivity index (χ2v) is 5.82. The van der Waals surface area contributed by atoms with Crippen molar-refractivity contribution in [2.45, 2.75) is 6.54 Å². The molecule has 2 heterocycles. The summed E-state index contributed by atoms with van der Waals surface area (Å²) in [6, 6.07) is 10.7. The van der Waals surface area contributed by atoms with Crippen LogP contribution in [-0.2, 0) is 16.1 Å². The molecule has 3 rings (SSSR count). The first-order chi connectivity index (χ1) is 13.0. The zero-order valence-corrected chi connectivity index (χ0v) is 14.7. The normalized spacial score (nSPS) is 10.4. The Hall–Kier alpha value is -3.39. The van der Waals surface area contributed by atoms with Gasteiger partial charge in [0.05, 0.1) is 23.9 Å². The second-order valence-electron chi connectivity index (χ2n) is 5.43. The van der Waals surface area contributed by atoms with Crippen molar-refractivity contribution in [3.05, 3.63) is 65.2 Å². The lowest BCUT2D eigenvalue weighted by Crippen LogP contribution is -2.41. The van der Waals surface area contributed by atoms with Gasteiger partial charge < -0.3 is 14.5 Å². The number of ether oxygens (including phenoxy) is 1. The standard InChI is InChI=1S/C18H14ClN3O5/c19-15-6-4-11-8-12(3-5-14(11)21-15)17(24)27-10-16(23)22-18(25)20-9-13-2-1-7-26-13/h1-8H,9-10H2,(H2,20,22,23,25). The number of nitrogens with one attached hydrogen (secondary N) is 2. The van der Waals surface area contributed by atoms with E-state index >= 15 is 0 Å². The Labute approximate surface area is 158 Å². The number of rotatable bonds is 5. The monoisotopic (exact) mass is 387 g/mol. The first-order valence-corrected chi connectivity index (χ1v) is 8.22. The van der Waals surface area contributed by atoms with E-state index in [2.05, 4.69) is 15.6 Å². The molecule has 0 atom stereocenters. The van der Waals surface area contributed by atoms with Gasteiger partial charge in [-0.3, -0.25) is 10.1 Å². The van der Waals surface area contributed by atoms with Crippen LogP contribution in [0.25, 0.3) is 10.9 Å². The fourth-order valence-electron chi connectivity index (χ4n) is 2.23. The molecular formula is C18H14ClN3O5. The number of furan rings is 1. The van der Waals surface area contributed by atoms with E-state index in [0.29, 0.717) is 21.8 Å². The van der Waals surface area contributed by atoms with E-state index < -0.39 is 24.5 Å². The van der Waals surface area contributed by atoms with E-state index in [-0.39, 0.29) is 12.1 Å². The van der Waals surface area contributed by atoms with Crippen LogP contribution < -0.4 is 10.6 Å². The number of pyridine rings is 1. The molecule has 0 aliphatic rings. The van der Waals surface area contributed by atoms with Gasteiger partial charge >= 0.3 is 12.0 Å². The number of nitrogens with zero attached hydrogens (tertiary/aromatic N) is 1. The number of amides is 3. The molecule has 0 saturated heterocycles. The predicted octanol–water partition coefficient (Wildman–Crippen LogP) is 2.66. The molecule has 0 fully saturated rings. The maximum atomic E-state index is 12.1. The Kier molecular flexibility index (Phi) is 5.68. The van der Waals surface area contributed by atoms with Crippen molar-refractivity contribution in [2.24, 2.45) is 0 Å². The molecule has 0 radical (unpaired) electrons. The molecule has 1 aromatic carbocycles. The number of imide groups is 1. The van der Waals surface area contributed by atoms with Crippen LogP contribution in [0.5, 0.6) is 0 Å². The topological polar surface area (TPSA) is 111 Å². The molecule has 3 aromatic rings. The van der Waals surface area contributed by atoms with E-state index in [1.54, 1.807) is 36.4 Å². The number of carbonyl (C=O) groups is 3. The van der Waals surface area contributed by atoms with Crippen molar-refractivity contribution in [1.29, 1.82) is 0 Å². The van der Waals surface area contributed by atoms with E-state index in [0.717, 1.165) is 0 Å². The lowest BCUT2D eigenvalue weighted by Gasteiger charge is -2.07. The van der Waals surface area contributed by atoms with Crippen LogP contribution in [0.1, 0.15) is 16.1 Å². The van der Waals surface area contributed by atoms with Gasteiger partial charge in [-0.15, -0.1) is 0 Å². The summed E-state index contributed by atoms with van der Waals surface area (Å²) in [5.74, 6) is -0.913. The van der Waals surface area contributed by atoms with Crippen LogP contribution in [0.4, 0.5) is 4.79 Å². The molecule has 0 aliphatic carbocycles. The molecular weight excluding hydrogens is 374 g/mol. The fourth-order valence-corrected chi connectivity index (χ4v) is 2.38. The predicted molar refractivity (Wildman–Crippen MR) is 96.1 cm³/mol. The van der Waals surface area contributed by atoms with E-state index in [9.17, 15) is 14.4 Å². The molecule has 2 aromatic heterocycles. The van der Waals surface area contributed by atoms with Gasteiger partial charge in [0.2, 0.25) is 0 Å². The number of hydrogen-bond acceptors (Lipinski definition) is 6. The Bertz CT molecular complexity index is 988. The minimum Gasteiger partial charge on any atom is -0.467 e. The third kappa shape index (κ3) is 5.05. The summed E-state index contributed by atoms with van der Waals surface area (Å²) in [6.45, 7) is -0.467. The number of carbonyl (C=O) groups excluding carboxylic acids is 3. The van der Waals surface area contributed by atoms with Crippen molar-refractivity contribution >= 4 is 40.4 Å². The van der Waals surface area contributed by atoms with Gasteiger partial charge in [0.15, 0.2) is 6.61 Å². The Balaban J connectivity index is 1.48. The molecule has 0 aliphatic heterocycles. The largest absolute Gasteiger partial charge is 0.467 e. The van der Waals surface area contributed by atoms with Crippen molar-refractivity contribution < 1.29 is 23.5 Å². The van der Waals surface area contributed by atoms with Gasteiger partial charge in [0, 0.05) is 5.39 Å². The minimum atomic E-state index is -0.755. The lowest BCUT2D eigenvalue weighted by molar-refractivity contribution is -0.123. The molecule has 0 spiro atoms. The van der Waals surface area contributed by atoms with E-state index in [4.69, 9.17) is 20.8 Å². The van der Waals surface area contributed by atoms with Crippen molar-refractivity contribution in [3.8, 4) is 0 Å². The number of urea groups is 1. The quantitative estimate of drug-likeness (QED) is 0.514. The van der Waals surface area contributed by atoms with Gasteiger partial charge in [0.25, 0.3) is 5.91 Å². The average molecular weight is 388 g/mol. The lowest BCUT2D eigenvalue weighted by atomic mass is 10.1. The fraction of sp³-hybridized carbons (Fsp3) is 0.111. The summed E-state index contributed by atoms with van der Waals surface area (Å²) in [7, 11) is 0. The maximum Gasteiger partial charge on any atom is 0.338 e. The van der Waals surface area contributed by atoms with Crippen LogP contribution in [-0.4, -0.2) is 29.5 Å². The van der Waals surface area contributed by atoms with Crippen molar-refractivity contribution in [1.82, 2.24) is 15.6 Å². The van der Waals surface area contributed by atoms with Gasteiger partial charge in [-0.2, -0.15) is 0 Å². The van der Waals surface area contributed by atoms with Crippen LogP contribution in [0.2, 0.25) is 5.15 Å². The summed E-state index contributed by atoms with van der Waals surface area (Å²) in [5.41, 5.74) is 0.881. The minimum absolute atomic E-state index is 0.126. The molecule has 0 bridgehead atoms. The van der Waals surface area contributed by atoms with Crippen LogP contribution in [0, 0.1) is 0 Å². The molecule has 0 saturated carbocycles. The van der Waals surface area contributed by atoms with Gasteiger partial charge in [0.1, 0.15) is 10.9 Å². The maximum absolute atomic E-state index is 12.1. The molecule has 138 valence electrons. The molecule has 27 heavy (non-hydrogen) atoms. The van der Waals surface area contributed by atoms with E-state index in [1.807, 2.05) is 0 Å². The Morgan fingerprint density at radius 3 is 2.78 bits per heavy atom. The third-order valence-electron chi connectivity index (χ3n) is 3.48.